The molecule has 27 heavy (non-hydrogen) atoms. The predicted molar refractivity (Wildman–Crippen MR) is 108 cm³/mol. The summed E-state index contributed by atoms with van der Waals surface area (Å²) in [5, 5.41) is 3.24. The molecule has 0 unspecified atom stereocenters. The maximum atomic E-state index is 13.1. The fourth-order valence-electron chi connectivity index (χ4n) is 3.41. The van der Waals surface area contributed by atoms with Crippen LogP contribution < -0.4 is 10.2 Å². The first-order chi connectivity index (χ1) is 13.1. The van der Waals surface area contributed by atoms with Crippen LogP contribution in [0.25, 0.3) is 0 Å². The Morgan fingerprint density at radius 1 is 1.11 bits per heavy atom. The van der Waals surface area contributed by atoms with Crippen LogP contribution in [0.1, 0.15) is 33.6 Å². The number of carbonyl (C=O) groups is 1. The normalized spacial score (nSPS) is 13.2. The lowest BCUT2D eigenvalue weighted by atomic mass is 10.0. The molecule has 1 N–H and O–H groups in total. The molecule has 0 saturated heterocycles. The number of fused-ring (bicyclic) bond motifs is 1. The molecule has 5 nitrogen and oxygen atoms in total. The number of anilines is 3. The molecule has 3 aromatic rings. The molecule has 0 aliphatic carbocycles. The fourth-order valence-corrected chi connectivity index (χ4v) is 3.41. The molecule has 1 aliphatic rings. The molecule has 0 bridgehead atoms. The van der Waals surface area contributed by atoms with Crippen molar-refractivity contribution in [3.8, 4) is 0 Å². The summed E-state index contributed by atoms with van der Waals surface area (Å²) in [5.74, 6) is 0.341. The molecule has 0 radical (unpaired) electrons. The van der Waals surface area contributed by atoms with Crippen molar-refractivity contribution in [1.82, 2.24) is 9.97 Å². The van der Waals surface area contributed by atoms with E-state index in [4.69, 9.17) is 0 Å². The third-order valence-electron chi connectivity index (χ3n) is 4.87. The van der Waals surface area contributed by atoms with Gasteiger partial charge in [-0.1, -0.05) is 30.3 Å². The fraction of sp³-hybridized carbons (Fsp3) is 0.227. The number of aryl methyl sites for hydroxylation is 3. The second kappa shape index (κ2) is 7.19. The number of para-hydroxylation sites is 1. The van der Waals surface area contributed by atoms with E-state index >= 15 is 0 Å². The summed E-state index contributed by atoms with van der Waals surface area (Å²) >= 11 is 0. The van der Waals surface area contributed by atoms with Crippen molar-refractivity contribution in [2.24, 2.45) is 0 Å². The van der Waals surface area contributed by atoms with E-state index in [2.05, 4.69) is 33.5 Å². The number of nitrogens with one attached hydrogen (secondary N) is 1. The average Bonchev–Trinajstić information content (AvgIpc) is 2.70. The summed E-state index contributed by atoms with van der Waals surface area (Å²) in [6.07, 6.45) is 3.59. The Morgan fingerprint density at radius 2 is 1.96 bits per heavy atom. The van der Waals surface area contributed by atoms with E-state index in [0.29, 0.717) is 18.2 Å². The number of benzene rings is 2. The average molecular weight is 358 g/mol. The zero-order valence-electron chi connectivity index (χ0n) is 15.6. The lowest BCUT2D eigenvalue weighted by Crippen LogP contribution is -2.36. The number of nitrogens with zero attached hydrogens (tertiary/aromatic N) is 3. The molecular weight excluding hydrogens is 336 g/mol. The second-order valence-corrected chi connectivity index (χ2v) is 6.90. The number of carbonyl (C=O) groups excluding carboxylic acids is 1. The van der Waals surface area contributed by atoms with Gasteiger partial charge < -0.3 is 10.2 Å². The smallest absolute Gasteiger partial charge is 0.277 e. The Bertz CT molecular complexity index is 999. The molecule has 0 saturated carbocycles. The topological polar surface area (TPSA) is 58.1 Å². The Morgan fingerprint density at radius 3 is 2.85 bits per heavy atom. The van der Waals surface area contributed by atoms with Gasteiger partial charge in [-0.25, -0.2) is 9.97 Å². The van der Waals surface area contributed by atoms with Crippen molar-refractivity contribution in [3.63, 3.8) is 0 Å². The van der Waals surface area contributed by atoms with Gasteiger partial charge in [0.15, 0.2) is 0 Å². The molecule has 136 valence electrons. The van der Waals surface area contributed by atoms with E-state index in [9.17, 15) is 4.79 Å². The van der Waals surface area contributed by atoms with Gasteiger partial charge in [0, 0.05) is 24.1 Å². The van der Waals surface area contributed by atoms with Crippen LogP contribution in [0.3, 0.4) is 0 Å². The molecule has 1 aliphatic heterocycles. The van der Waals surface area contributed by atoms with Gasteiger partial charge in [0.05, 0.1) is 0 Å². The van der Waals surface area contributed by atoms with Crippen LogP contribution in [0.2, 0.25) is 0 Å². The summed E-state index contributed by atoms with van der Waals surface area (Å²) in [4.78, 5) is 23.7. The molecule has 2 aromatic carbocycles. The van der Waals surface area contributed by atoms with Crippen molar-refractivity contribution in [2.45, 2.75) is 26.7 Å². The van der Waals surface area contributed by atoms with Gasteiger partial charge in [-0.15, -0.1) is 0 Å². The zero-order valence-corrected chi connectivity index (χ0v) is 15.6. The van der Waals surface area contributed by atoms with Crippen LogP contribution in [-0.4, -0.2) is 22.4 Å². The lowest BCUT2D eigenvalue weighted by Gasteiger charge is -2.29. The van der Waals surface area contributed by atoms with Crippen LogP contribution in [0.15, 0.2) is 54.7 Å². The van der Waals surface area contributed by atoms with Crippen molar-refractivity contribution >= 4 is 23.2 Å². The summed E-state index contributed by atoms with van der Waals surface area (Å²) in [6, 6.07) is 15.9. The number of aromatic nitrogens is 2. The van der Waals surface area contributed by atoms with Crippen molar-refractivity contribution in [2.75, 3.05) is 16.8 Å². The van der Waals surface area contributed by atoms with Crippen LogP contribution in [-0.2, 0) is 6.42 Å². The van der Waals surface area contributed by atoms with E-state index in [1.807, 2.05) is 43.0 Å². The van der Waals surface area contributed by atoms with Crippen molar-refractivity contribution in [3.05, 3.63) is 77.1 Å². The molecule has 0 spiro atoms. The molecule has 1 aromatic heterocycles. The highest BCUT2D eigenvalue weighted by Crippen LogP contribution is 2.28. The number of hydrogen-bond donors (Lipinski definition) is 1. The first-order valence-electron chi connectivity index (χ1n) is 9.19. The monoisotopic (exact) mass is 358 g/mol. The Balaban J connectivity index is 1.61. The minimum absolute atomic E-state index is 0.0893. The quantitative estimate of drug-likeness (QED) is 0.752. The molecule has 0 fully saturated rings. The standard InChI is InChI=1S/C22H22N4O/c1-15-9-10-16(2)19(14-15)25-22-23-12-11-18(24-22)21(27)26-13-5-7-17-6-3-4-8-20(17)26/h3-4,6,8-12,14H,5,7,13H2,1-2H3,(H,23,24,25). The van der Waals surface area contributed by atoms with Crippen molar-refractivity contribution < 1.29 is 4.79 Å². The Kier molecular flexibility index (Phi) is 4.59. The number of amides is 1. The van der Waals surface area contributed by atoms with Crippen LogP contribution >= 0.6 is 0 Å². The van der Waals surface area contributed by atoms with Crippen LogP contribution in [0, 0.1) is 13.8 Å². The molecule has 4 rings (SSSR count). The van der Waals surface area contributed by atoms with Gasteiger partial charge in [0.1, 0.15) is 5.69 Å². The molecule has 0 atom stereocenters. The minimum Gasteiger partial charge on any atom is -0.324 e. The maximum absolute atomic E-state index is 13.1. The van der Waals surface area contributed by atoms with Crippen molar-refractivity contribution in [1.29, 1.82) is 0 Å². The van der Waals surface area contributed by atoms with Gasteiger partial charge in [0.2, 0.25) is 5.95 Å². The maximum Gasteiger partial charge on any atom is 0.277 e. The predicted octanol–water partition coefficient (Wildman–Crippen LogP) is 4.43. The molecule has 1 amide bonds. The van der Waals surface area contributed by atoms with E-state index in [1.54, 1.807) is 12.3 Å². The summed E-state index contributed by atoms with van der Waals surface area (Å²) in [6.45, 7) is 4.78. The SMILES string of the molecule is Cc1ccc(C)c(Nc2nccc(C(=O)N3CCCc4ccccc43)n2)c1. The highest BCUT2D eigenvalue weighted by molar-refractivity contribution is 6.05. The third kappa shape index (κ3) is 3.53. The Labute approximate surface area is 159 Å². The van der Waals surface area contributed by atoms with Gasteiger partial charge in [0.25, 0.3) is 5.91 Å². The first kappa shape index (κ1) is 17.2. The van der Waals surface area contributed by atoms with Gasteiger partial charge in [-0.2, -0.15) is 0 Å². The van der Waals surface area contributed by atoms with E-state index < -0.39 is 0 Å². The molecule has 2 heterocycles. The Hall–Kier alpha value is -3.21. The summed E-state index contributed by atoms with van der Waals surface area (Å²) < 4.78 is 0. The van der Waals surface area contributed by atoms with E-state index in [0.717, 1.165) is 35.3 Å². The second-order valence-electron chi connectivity index (χ2n) is 6.90. The first-order valence-corrected chi connectivity index (χ1v) is 9.19. The van der Waals surface area contributed by atoms with Crippen LogP contribution in [0.5, 0.6) is 0 Å². The number of hydrogen-bond acceptors (Lipinski definition) is 4. The largest absolute Gasteiger partial charge is 0.324 e. The van der Waals surface area contributed by atoms with E-state index in [-0.39, 0.29) is 5.91 Å². The number of rotatable bonds is 3. The highest BCUT2D eigenvalue weighted by Gasteiger charge is 2.24. The van der Waals surface area contributed by atoms with E-state index in [1.165, 1.54) is 5.56 Å². The molecule has 5 heteroatoms. The van der Waals surface area contributed by atoms with Gasteiger partial charge in [-0.05, 0) is 61.6 Å². The van der Waals surface area contributed by atoms with Gasteiger partial charge >= 0.3 is 0 Å². The lowest BCUT2D eigenvalue weighted by molar-refractivity contribution is 0.0980. The summed E-state index contributed by atoms with van der Waals surface area (Å²) in [7, 11) is 0. The highest BCUT2D eigenvalue weighted by atomic mass is 16.2. The minimum atomic E-state index is -0.0893. The third-order valence-corrected chi connectivity index (χ3v) is 4.87. The zero-order chi connectivity index (χ0) is 18.8. The summed E-state index contributed by atoms with van der Waals surface area (Å²) in [5.41, 5.74) is 5.79. The van der Waals surface area contributed by atoms with Crippen LogP contribution in [0.4, 0.5) is 17.3 Å². The van der Waals surface area contributed by atoms with Gasteiger partial charge in [-0.3, -0.25) is 4.79 Å². The molecular formula is C22H22N4O.